The third-order valence-electron chi connectivity index (χ3n) is 5.87. The zero-order chi connectivity index (χ0) is 17.1. The minimum atomic E-state index is 0.0190. The number of fused-ring (bicyclic) bond motifs is 1. The van der Waals surface area contributed by atoms with Gasteiger partial charge < -0.3 is 14.8 Å². The van der Waals surface area contributed by atoms with Crippen molar-refractivity contribution in [3.8, 4) is 0 Å². The Labute approximate surface area is 148 Å². The van der Waals surface area contributed by atoms with Gasteiger partial charge in [0.2, 0.25) is 5.91 Å². The highest BCUT2D eigenvalue weighted by Crippen LogP contribution is 2.37. The van der Waals surface area contributed by atoms with E-state index in [4.69, 9.17) is 9.47 Å². The van der Waals surface area contributed by atoms with Crippen LogP contribution in [-0.4, -0.2) is 60.8 Å². The van der Waals surface area contributed by atoms with Crippen LogP contribution in [0.3, 0.4) is 0 Å². The number of amides is 1. The van der Waals surface area contributed by atoms with Gasteiger partial charge in [0.25, 0.3) is 0 Å². The lowest BCUT2D eigenvalue weighted by Crippen LogP contribution is -2.48. The van der Waals surface area contributed by atoms with Gasteiger partial charge in [0.1, 0.15) is 0 Å². The number of piperidine rings is 1. The lowest BCUT2D eigenvalue weighted by atomic mass is 9.82. The largest absolute Gasteiger partial charge is 0.381 e. The van der Waals surface area contributed by atoms with Gasteiger partial charge in [-0.1, -0.05) is 0 Å². The van der Waals surface area contributed by atoms with Crippen LogP contribution in [0, 0.1) is 11.8 Å². The summed E-state index contributed by atoms with van der Waals surface area (Å²) in [5, 5.41) is 2.92. The van der Waals surface area contributed by atoms with Gasteiger partial charge in [0, 0.05) is 37.9 Å². The zero-order valence-corrected chi connectivity index (χ0v) is 14.6. The fourth-order valence-corrected chi connectivity index (χ4v) is 4.54. The first-order valence-electron chi connectivity index (χ1n) is 9.43. The molecule has 25 heavy (non-hydrogen) atoms. The van der Waals surface area contributed by atoms with E-state index in [2.05, 4.69) is 15.2 Å². The molecular weight excluding hydrogens is 318 g/mol. The van der Waals surface area contributed by atoms with Gasteiger partial charge in [-0.25, -0.2) is 0 Å². The van der Waals surface area contributed by atoms with Crippen molar-refractivity contribution in [2.75, 3.05) is 38.2 Å². The van der Waals surface area contributed by atoms with Crippen molar-refractivity contribution in [2.24, 2.45) is 11.8 Å². The van der Waals surface area contributed by atoms with Crippen molar-refractivity contribution in [1.82, 2.24) is 9.88 Å². The van der Waals surface area contributed by atoms with E-state index in [1.54, 1.807) is 12.4 Å². The topological polar surface area (TPSA) is 63.7 Å². The molecule has 1 amide bonds. The Morgan fingerprint density at radius 2 is 2.20 bits per heavy atom. The lowest BCUT2D eigenvalue weighted by Gasteiger charge is -2.41. The number of rotatable bonds is 4. The van der Waals surface area contributed by atoms with E-state index in [0.29, 0.717) is 24.3 Å². The summed E-state index contributed by atoms with van der Waals surface area (Å²) in [4.78, 5) is 19.0. The molecule has 6 heteroatoms. The highest BCUT2D eigenvalue weighted by molar-refractivity contribution is 5.90. The molecule has 0 saturated carbocycles. The van der Waals surface area contributed by atoms with Crippen molar-refractivity contribution in [3.05, 3.63) is 24.5 Å². The van der Waals surface area contributed by atoms with Crippen LogP contribution in [0.4, 0.5) is 5.69 Å². The van der Waals surface area contributed by atoms with Crippen molar-refractivity contribution in [1.29, 1.82) is 0 Å². The van der Waals surface area contributed by atoms with Crippen LogP contribution < -0.4 is 5.32 Å². The molecule has 0 aliphatic carbocycles. The van der Waals surface area contributed by atoms with E-state index in [0.717, 1.165) is 57.9 Å². The van der Waals surface area contributed by atoms with E-state index in [9.17, 15) is 4.79 Å². The fourth-order valence-electron chi connectivity index (χ4n) is 4.54. The Morgan fingerprint density at radius 1 is 1.32 bits per heavy atom. The Kier molecular flexibility index (Phi) is 5.29. The van der Waals surface area contributed by atoms with Gasteiger partial charge in [-0.15, -0.1) is 0 Å². The number of carbonyl (C=O) groups excluding carboxylic acids is 1. The van der Waals surface area contributed by atoms with Crippen LogP contribution in [0.5, 0.6) is 0 Å². The number of likely N-dealkylation sites (tertiary alicyclic amines) is 1. The van der Waals surface area contributed by atoms with Crippen molar-refractivity contribution >= 4 is 11.6 Å². The molecule has 6 nitrogen and oxygen atoms in total. The third kappa shape index (κ3) is 4.02. The second-order valence-corrected chi connectivity index (χ2v) is 7.42. The average molecular weight is 345 g/mol. The molecule has 1 aromatic rings. The molecule has 0 aromatic carbocycles. The summed E-state index contributed by atoms with van der Waals surface area (Å²) >= 11 is 0. The van der Waals surface area contributed by atoms with E-state index in [1.165, 1.54) is 0 Å². The highest BCUT2D eigenvalue weighted by atomic mass is 16.5. The number of ether oxygens (including phenoxy) is 2. The Hall–Kier alpha value is -1.50. The van der Waals surface area contributed by atoms with Crippen LogP contribution >= 0.6 is 0 Å². The second kappa shape index (κ2) is 7.81. The summed E-state index contributed by atoms with van der Waals surface area (Å²) < 4.78 is 11.5. The summed E-state index contributed by atoms with van der Waals surface area (Å²) in [7, 11) is 0. The maximum absolute atomic E-state index is 12.3. The standard InChI is InChI=1S/C19H27N3O3/c23-19(21-15-2-1-6-20-11-15)10-18-17-3-7-22(12-14(17)13-25-18)16-4-8-24-9-5-16/h1-2,6,11,14,16-18H,3-5,7-10,12-13H2,(H,21,23)/t14-,17-,18-/m1/s1. The second-order valence-electron chi connectivity index (χ2n) is 7.42. The Bertz CT molecular complexity index is 577. The average Bonchev–Trinajstić information content (AvgIpc) is 3.05. The van der Waals surface area contributed by atoms with Gasteiger partial charge in [0.05, 0.1) is 31.0 Å². The first kappa shape index (κ1) is 16.9. The van der Waals surface area contributed by atoms with Crippen LogP contribution in [0.15, 0.2) is 24.5 Å². The van der Waals surface area contributed by atoms with E-state index in [1.807, 2.05) is 12.1 Å². The minimum Gasteiger partial charge on any atom is -0.381 e. The molecule has 3 atom stereocenters. The monoisotopic (exact) mass is 345 g/mol. The van der Waals surface area contributed by atoms with Crippen LogP contribution in [-0.2, 0) is 14.3 Å². The molecule has 3 aliphatic heterocycles. The number of nitrogens with zero attached hydrogens (tertiary/aromatic N) is 2. The molecule has 3 fully saturated rings. The van der Waals surface area contributed by atoms with Crippen LogP contribution in [0.25, 0.3) is 0 Å². The number of carbonyl (C=O) groups is 1. The molecule has 3 aliphatic rings. The predicted molar refractivity (Wildman–Crippen MR) is 94.2 cm³/mol. The summed E-state index contributed by atoms with van der Waals surface area (Å²) in [6.45, 7) is 4.80. The van der Waals surface area contributed by atoms with Gasteiger partial charge in [-0.2, -0.15) is 0 Å². The predicted octanol–water partition coefficient (Wildman–Crippen LogP) is 1.93. The molecule has 0 bridgehead atoms. The summed E-state index contributed by atoms with van der Waals surface area (Å²) in [6, 6.07) is 4.35. The fraction of sp³-hybridized carbons (Fsp3) is 0.684. The van der Waals surface area contributed by atoms with Crippen LogP contribution in [0.1, 0.15) is 25.7 Å². The molecule has 0 radical (unpaired) electrons. The molecule has 4 rings (SSSR count). The molecule has 4 heterocycles. The molecule has 1 aromatic heterocycles. The van der Waals surface area contributed by atoms with Crippen LogP contribution in [0.2, 0.25) is 0 Å². The first-order chi connectivity index (χ1) is 12.3. The number of nitrogens with one attached hydrogen (secondary N) is 1. The van der Waals surface area contributed by atoms with Gasteiger partial charge in [-0.05, 0) is 43.9 Å². The first-order valence-corrected chi connectivity index (χ1v) is 9.43. The third-order valence-corrected chi connectivity index (χ3v) is 5.87. The van der Waals surface area contributed by atoms with Gasteiger partial charge >= 0.3 is 0 Å². The van der Waals surface area contributed by atoms with Crippen molar-refractivity contribution in [3.63, 3.8) is 0 Å². The van der Waals surface area contributed by atoms with Crippen molar-refractivity contribution in [2.45, 2.75) is 37.8 Å². The maximum Gasteiger partial charge on any atom is 0.227 e. The number of aromatic nitrogens is 1. The maximum atomic E-state index is 12.3. The summed E-state index contributed by atoms with van der Waals surface area (Å²) in [5.74, 6) is 1.09. The minimum absolute atomic E-state index is 0.0190. The highest BCUT2D eigenvalue weighted by Gasteiger charge is 2.42. The smallest absolute Gasteiger partial charge is 0.227 e. The van der Waals surface area contributed by atoms with Crippen molar-refractivity contribution < 1.29 is 14.3 Å². The summed E-state index contributed by atoms with van der Waals surface area (Å²) in [5.41, 5.74) is 0.747. The number of hydrogen-bond donors (Lipinski definition) is 1. The Balaban J connectivity index is 1.29. The summed E-state index contributed by atoms with van der Waals surface area (Å²) in [6.07, 6.45) is 7.29. The molecule has 0 unspecified atom stereocenters. The van der Waals surface area contributed by atoms with E-state index >= 15 is 0 Å². The molecule has 3 saturated heterocycles. The van der Waals surface area contributed by atoms with Gasteiger partial charge in [-0.3, -0.25) is 14.7 Å². The SMILES string of the molecule is O=C(C[C@H]1OC[C@H]2CN(C3CCOCC3)CC[C@H]21)Nc1cccnc1. The lowest BCUT2D eigenvalue weighted by molar-refractivity contribution is -0.118. The quantitative estimate of drug-likeness (QED) is 0.903. The number of anilines is 1. The molecule has 136 valence electrons. The molecule has 0 spiro atoms. The molecule has 1 N–H and O–H groups in total. The molecular formula is C19H27N3O3. The van der Waals surface area contributed by atoms with E-state index in [-0.39, 0.29) is 12.0 Å². The number of pyridine rings is 1. The Morgan fingerprint density at radius 3 is 3.00 bits per heavy atom. The normalized spacial score (nSPS) is 30.8. The number of hydrogen-bond acceptors (Lipinski definition) is 5. The van der Waals surface area contributed by atoms with E-state index < -0.39 is 0 Å². The zero-order valence-electron chi connectivity index (χ0n) is 14.6. The van der Waals surface area contributed by atoms with Gasteiger partial charge in [0.15, 0.2) is 0 Å².